The largest absolute Gasteiger partial charge is 0.342 e. The second-order valence-corrected chi connectivity index (χ2v) is 7.02. The Kier molecular flexibility index (Phi) is 4.79. The van der Waals surface area contributed by atoms with Crippen LogP contribution in [0, 0.1) is 11.3 Å². The van der Waals surface area contributed by atoms with Crippen molar-refractivity contribution in [3.63, 3.8) is 0 Å². The molecular weight excluding hydrogens is 386 g/mol. The van der Waals surface area contributed by atoms with Crippen molar-refractivity contribution >= 4 is 22.8 Å². The van der Waals surface area contributed by atoms with E-state index in [1.165, 1.54) is 0 Å². The quantitative estimate of drug-likeness (QED) is 0.444. The highest BCUT2D eigenvalue weighted by Gasteiger charge is 2.11. The Balaban J connectivity index is 1.42. The van der Waals surface area contributed by atoms with Gasteiger partial charge in [-0.1, -0.05) is 24.3 Å². The number of nitrogens with one attached hydrogen (secondary N) is 2. The summed E-state index contributed by atoms with van der Waals surface area (Å²) in [4.78, 5) is 20.7. The first kappa shape index (κ1) is 18.5. The lowest BCUT2D eigenvalue weighted by Crippen LogP contribution is -2.02. The Morgan fingerprint density at radius 3 is 2.35 bits per heavy atom. The molecule has 3 heterocycles. The number of H-pyrrole nitrogens is 1. The summed E-state index contributed by atoms with van der Waals surface area (Å²) in [7, 11) is 0. The van der Waals surface area contributed by atoms with E-state index < -0.39 is 0 Å². The van der Waals surface area contributed by atoms with Crippen LogP contribution >= 0.6 is 0 Å². The number of fused-ring (bicyclic) bond motifs is 1. The molecule has 0 fully saturated rings. The molecule has 3 aromatic heterocycles. The number of aromatic nitrogens is 5. The zero-order valence-corrected chi connectivity index (χ0v) is 16.4. The van der Waals surface area contributed by atoms with Crippen molar-refractivity contribution in [2.75, 3.05) is 5.32 Å². The van der Waals surface area contributed by atoms with E-state index in [0.717, 1.165) is 33.6 Å². The molecule has 7 heteroatoms. The van der Waals surface area contributed by atoms with Crippen molar-refractivity contribution in [3.05, 3.63) is 96.2 Å². The molecule has 5 aromatic rings. The number of pyridine rings is 1. The fourth-order valence-corrected chi connectivity index (χ4v) is 3.39. The van der Waals surface area contributed by atoms with Crippen LogP contribution in [0.3, 0.4) is 0 Å². The second-order valence-electron chi connectivity index (χ2n) is 7.02. The lowest BCUT2D eigenvalue weighted by Gasteiger charge is -2.09. The monoisotopic (exact) mass is 403 g/mol. The summed E-state index contributed by atoms with van der Waals surface area (Å²) in [6.07, 6.45) is 5.85. The number of hydrogen-bond acceptors (Lipinski definition) is 6. The van der Waals surface area contributed by atoms with Crippen LogP contribution in [0.25, 0.3) is 22.3 Å². The summed E-state index contributed by atoms with van der Waals surface area (Å²) in [6.45, 7) is 0. The number of nitrogens with zero attached hydrogens (tertiary/aromatic N) is 5. The number of hydrogen-bond donors (Lipinski definition) is 2. The summed E-state index contributed by atoms with van der Waals surface area (Å²) in [5.74, 6) is 0.465. The van der Waals surface area contributed by atoms with Gasteiger partial charge in [0.05, 0.1) is 23.7 Å². The van der Waals surface area contributed by atoms with E-state index in [1.54, 1.807) is 30.9 Å². The molecule has 148 valence electrons. The molecule has 2 aromatic carbocycles. The lowest BCUT2D eigenvalue weighted by atomic mass is 10.0. The number of anilines is 2. The van der Waals surface area contributed by atoms with Gasteiger partial charge in [0.15, 0.2) is 5.65 Å². The van der Waals surface area contributed by atoms with Crippen LogP contribution in [0.2, 0.25) is 0 Å². The maximum atomic E-state index is 8.96. The zero-order valence-electron chi connectivity index (χ0n) is 16.4. The molecular formula is C24H17N7. The van der Waals surface area contributed by atoms with Gasteiger partial charge in [0.25, 0.3) is 0 Å². The third kappa shape index (κ3) is 3.95. The van der Waals surface area contributed by atoms with Gasteiger partial charge in [-0.3, -0.25) is 4.98 Å². The van der Waals surface area contributed by atoms with Crippen LogP contribution < -0.4 is 5.32 Å². The highest BCUT2D eigenvalue weighted by Crippen LogP contribution is 2.23. The van der Waals surface area contributed by atoms with Gasteiger partial charge in [-0.2, -0.15) is 10.2 Å². The molecule has 0 bridgehead atoms. The van der Waals surface area contributed by atoms with Crippen LogP contribution in [0.15, 0.2) is 79.4 Å². The van der Waals surface area contributed by atoms with Gasteiger partial charge >= 0.3 is 0 Å². The third-order valence-corrected chi connectivity index (χ3v) is 4.97. The number of nitriles is 1. The van der Waals surface area contributed by atoms with Crippen molar-refractivity contribution in [1.29, 1.82) is 5.26 Å². The number of aromatic amines is 1. The van der Waals surface area contributed by atoms with E-state index in [0.29, 0.717) is 23.6 Å². The SMILES string of the molecule is N#Cc1ccc(Nc2nc(Cc3ccc(-c4ccncc4)cc3)c3[nH]cnc3n2)cc1. The van der Waals surface area contributed by atoms with Gasteiger partial charge < -0.3 is 10.3 Å². The van der Waals surface area contributed by atoms with Crippen molar-refractivity contribution < 1.29 is 0 Å². The van der Waals surface area contributed by atoms with Gasteiger partial charge in [-0.25, -0.2) is 9.97 Å². The minimum absolute atomic E-state index is 0.465. The molecule has 0 saturated carbocycles. The molecule has 0 unspecified atom stereocenters. The van der Waals surface area contributed by atoms with Crippen LogP contribution in [0.1, 0.15) is 16.8 Å². The molecule has 0 radical (unpaired) electrons. The topological polar surface area (TPSA) is 103 Å². The summed E-state index contributed by atoms with van der Waals surface area (Å²) in [5.41, 5.74) is 7.11. The van der Waals surface area contributed by atoms with E-state index in [4.69, 9.17) is 10.2 Å². The first-order valence-electron chi connectivity index (χ1n) is 9.75. The highest BCUT2D eigenvalue weighted by atomic mass is 15.1. The van der Waals surface area contributed by atoms with Gasteiger partial charge in [0.1, 0.15) is 5.52 Å². The first-order chi connectivity index (χ1) is 15.3. The van der Waals surface area contributed by atoms with Gasteiger partial charge in [-0.05, 0) is 53.1 Å². The Labute approximate surface area is 178 Å². The Hall–Kier alpha value is -4.57. The van der Waals surface area contributed by atoms with Crippen molar-refractivity contribution in [3.8, 4) is 17.2 Å². The molecule has 0 spiro atoms. The predicted molar refractivity (Wildman–Crippen MR) is 119 cm³/mol. The normalized spacial score (nSPS) is 10.7. The average Bonchev–Trinajstić information content (AvgIpc) is 3.30. The smallest absolute Gasteiger partial charge is 0.229 e. The van der Waals surface area contributed by atoms with Gasteiger partial charge in [0, 0.05) is 24.5 Å². The molecule has 7 nitrogen and oxygen atoms in total. The maximum absolute atomic E-state index is 8.96. The third-order valence-electron chi connectivity index (χ3n) is 4.97. The Bertz CT molecular complexity index is 1370. The van der Waals surface area contributed by atoms with Crippen LogP contribution in [-0.2, 0) is 6.42 Å². The molecule has 0 aliphatic heterocycles. The van der Waals surface area contributed by atoms with E-state index >= 15 is 0 Å². The standard InChI is InChI=1S/C24H17N7/c25-14-17-3-7-20(8-4-17)29-24-30-21(22-23(31-24)28-15-27-22)13-16-1-5-18(6-2-16)19-9-11-26-12-10-19/h1-12,15H,13H2,(H2,27,28,29,30,31). The number of imidazole rings is 1. The summed E-state index contributed by atoms with van der Waals surface area (Å²) in [6, 6.07) is 21.7. The fraction of sp³-hybridized carbons (Fsp3) is 0.0417. The Morgan fingerprint density at radius 1 is 0.871 bits per heavy atom. The van der Waals surface area contributed by atoms with E-state index in [9.17, 15) is 0 Å². The number of rotatable bonds is 5. The molecule has 5 rings (SSSR count). The van der Waals surface area contributed by atoms with E-state index in [-0.39, 0.29) is 0 Å². The highest BCUT2D eigenvalue weighted by molar-refractivity contribution is 5.75. The fourth-order valence-electron chi connectivity index (χ4n) is 3.39. The minimum Gasteiger partial charge on any atom is -0.342 e. The minimum atomic E-state index is 0.465. The summed E-state index contributed by atoms with van der Waals surface area (Å²) >= 11 is 0. The molecule has 0 aliphatic carbocycles. The molecule has 0 amide bonds. The van der Waals surface area contributed by atoms with Crippen LogP contribution in [0.5, 0.6) is 0 Å². The average molecular weight is 403 g/mol. The molecule has 2 N–H and O–H groups in total. The summed E-state index contributed by atoms with van der Waals surface area (Å²) < 4.78 is 0. The predicted octanol–water partition coefficient (Wildman–Crippen LogP) is 4.62. The summed E-state index contributed by atoms with van der Waals surface area (Å²) in [5, 5.41) is 12.2. The Morgan fingerprint density at radius 2 is 1.61 bits per heavy atom. The van der Waals surface area contributed by atoms with Crippen LogP contribution in [0.4, 0.5) is 11.6 Å². The molecule has 0 saturated heterocycles. The van der Waals surface area contributed by atoms with Crippen LogP contribution in [-0.4, -0.2) is 24.9 Å². The van der Waals surface area contributed by atoms with E-state index in [2.05, 4.69) is 55.6 Å². The molecule has 0 atom stereocenters. The van der Waals surface area contributed by atoms with Crippen molar-refractivity contribution in [1.82, 2.24) is 24.9 Å². The van der Waals surface area contributed by atoms with Crippen molar-refractivity contribution in [2.24, 2.45) is 0 Å². The molecule has 31 heavy (non-hydrogen) atoms. The van der Waals surface area contributed by atoms with Gasteiger partial charge in [-0.15, -0.1) is 0 Å². The zero-order chi connectivity index (χ0) is 21.0. The second kappa shape index (κ2) is 8.05. The van der Waals surface area contributed by atoms with E-state index in [1.807, 2.05) is 24.3 Å². The maximum Gasteiger partial charge on any atom is 0.229 e. The first-order valence-corrected chi connectivity index (χ1v) is 9.75. The van der Waals surface area contributed by atoms with Crippen molar-refractivity contribution in [2.45, 2.75) is 6.42 Å². The van der Waals surface area contributed by atoms with Gasteiger partial charge in [0.2, 0.25) is 5.95 Å². The number of benzene rings is 2. The lowest BCUT2D eigenvalue weighted by molar-refractivity contribution is 1.06. The molecule has 0 aliphatic rings.